The molecule has 0 saturated heterocycles. The summed E-state index contributed by atoms with van der Waals surface area (Å²) in [6.45, 7) is 2.93. The molecule has 0 radical (unpaired) electrons. The third-order valence-electron chi connectivity index (χ3n) is 3.54. The van der Waals surface area contributed by atoms with Gasteiger partial charge in [-0.1, -0.05) is 6.92 Å². The van der Waals surface area contributed by atoms with Crippen molar-refractivity contribution in [2.24, 2.45) is 14.1 Å². The lowest BCUT2D eigenvalue weighted by molar-refractivity contribution is 0.662. The molecule has 7 heteroatoms. The Labute approximate surface area is 122 Å². The van der Waals surface area contributed by atoms with Gasteiger partial charge in [-0.05, 0) is 30.6 Å². The summed E-state index contributed by atoms with van der Waals surface area (Å²) in [5.41, 5.74) is 4.40. The lowest BCUT2D eigenvalue weighted by Gasteiger charge is -2.03. The predicted molar refractivity (Wildman–Crippen MR) is 80.2 cm³/mol. The number of imidazole rings is 1. The van der Waals surface area contributed by atoms with E-state index in [2.05, 4.69) is 26.7 Å². The van der Waals surface area contributed by atoms with E-state index >= 15 is 0 Å². The van der Waals surface area contributed by atoms with Crippen LogP contribution in [0.3, 0.4) is 0 Å². The first kappa shape index (κ1) is 13.1. The maximum absolute atomic E-state index is 5.44. The number of hydrogen-bond donors (Lipinski definition) is 1. The van der Waals surface area contributed by atoms with Crippen LogP contribution < -0.4 is 0 Å². The topological polar surface area (TPSA) is 56.4 Å². The van der Waals surface area contributed by atoms with Crippen molar-refractivity contribution in [3.05, 3.63) is 28.4 Å². The first-order valence-electron chi connectivity index (χ1n) is 6.72. The molecule has 0 bridgehead atoms. The van der Waals surface area contributed by atoms with E-state index in [1.54, 1.807) is 0 Å². The van der Waals surface area contributed by atoms with Gasteiger partial charge in [0.2, 0.25) is 0 Å². The maximum Gasteiger partial charge on any atom is 0.179 e. The molecule has 0 aliphatic heterocycles. The number of rotatable bonds is 4. The number of aryl methyl sites for hydroxylation is 5. The molecule has 0 spiro atoms. The van der Waals surface area contributed by atoms with Crippen LogP contribution in [-0.2, 0) is 33.5 Å². The minimum Gasteiger partial charge on any atom is -0.328 e. The van der Waals surface area contributed by atoms with Crippen LogP contribution >= 0.6 is 12.2 Å². The quantitative estimate of drug-likeness (QED) is 0.747. The molecule has 0 unspecified atom stereocenters. The highest BCUT2D eigenvalue weighted by Crippen LogP contribution is 2.18. The number of aromatic nitrogens is 6. The summed E-state index contributed by atoms with van der Waals surface area (Å²) in [5, 5.41) is 8.72. The number of nitrogens with one attached hydrogen (secondary N) is 1. The number of aromatic amines is 1. The van der Waals surface area contributed by atoms with Crippen LogP contribution in [0.4, 0.5) is 0 Å². The second-order valence-electron chi connectivity index (χ2n) is 4.98. The fraction of sp³-hybridized carbons (Fsp3) is 0.462. The Morgan fingerprint density at radius 3 is 2.80 bits per heavy atom. The number of fused-ring (bicyclic) bond motifs is 1. The SMILES string of the molecule is CCc1nn(C)c2c1[nH]c(=S)n2CCc1cnn(C)c1. The minimum absolute atomic E-state index is 0.756. The van der Waals surface area contributed by atoms with E-state index in [1.165, 1.54) is 5.56 Å². The predicted octanol–water partition coefficient (Wildman–Crippen LogP) is 1.97. The fourth-order valence-electron chi connectivity index (χ4n) is 2.57. The van der Waals surface area contributed by atoms with Crippen molar-refractivity contribution in [2.75, 3.05) is 0 Å². The fourth-order valence-corrected chi connectivity index (χ4v) is 2.85. The molecule has 3 aromatic heterocycles. The molecule has 6 nitrogen and oxygen atoms in total. The van der Waals surface area contributed by atoms with Crippen molar-refractivity contribution >= 4 is 23.4 Å². The zero-order chi connectivity index (χ0) is 14.3. The molecule has 1 N–H and O–H groups in total. The van der Waals surface area contributed by atoms with Crippen molar-refractivity contribution < 1.29 is 0 Å². The first-order chi connectivity index (χ1) is 9.60. The highest BCUT2D eigenvalue weighted by atomic mass is 32.1. The average Bonchev–Trinajstić information content (AvgIpc) is 3.04. The van der Waals surface area contributed by atoms with Crippen molar-refractivity contribution in [1.82, 2.24) is 29.1 Å². The Morgan fingerprint density at radius 1 is 1.35 bits per heavy atom. The summed E-state index contributed by atoms with van der Waals surface area (Å²) in [6, 6.07) is 0. The zero-order valence-electron chi connectivity index (χ0n) is 11.9. The van der Waals surface area contributed by atoms with Crippen LogP contribution in [0.1, 0.15) is 18.2 Å². The van der Waals surface area contributed by atoms with Crippen LogP contribution in [0, 0.1) is 4.77 Å². The molecule has 0 aliphatic rings. The van der Waals surface area contributed by atoms with Gasteiger partial charge in [-0.3, -0.25) is 9.36 Å². The summed E-state index contributed by atoms with van der Waals surface area (Å²) in [6.07, 6.45) is 5.74. The number of hydrogen-bond acceptors (Lipinski definition) is 3. The van der Waals surface area contributed by atoms with Gasteiger partial charge in [0.25, 0.3) is 0 Å². The molecule has 3 rings (SSSR count). The van der Waals surface area contributed by atoms with Gasteiger partial charge >= 0.3 is 0 Å². The molecule has 0 aliphatic carbocycles. The van der Waals surface area contributed by atoms with Gasteiger partial charge in [-0.2, -0.15) is 10.2 Å². The lowest BCUT2D eigenvalue weighted by Crippen LogP contribution is -2.05. The van der Waals surface area contributed by atoms with E-state index in [0.717, 1.165) is 41.0 Å². The van der Waals surface area contributed by atoms with E-state index in [1.807, 2.05) is 35.9 Å². The Bertz CT molecular complexity index is 803. The molecule has 0 aromatic carbocycles. The van der Waals surface area contributed by atoms with Crippen LogP contribution in [0.15, 0.2) is 12.4 Å². The summed E-state index contributed by atoms with van der Waals surface area (Å²) >= 11 is 5.44. The van der Waals surface area contributed by atoms with E-state index in [4.69, 9.17) is 12.2 Å². The average molecular weight is 290 g/mol. The standard InChI is InChI=1S/C13H18N6S/c1-4-10-11-12(18(3)16-10)19(13(20)15-11)6-5-9-7-14-17(2)8-9/h7-8H,4-6H2,1-3H3,(H,15,20). The molecule has 20 heavy (non-hydrogen) atoms. The van der Waals surface area contributed by atoms with Crippen molar-refractivity contribution in [2.45, 2.75) is 26.3 Å². The highest BCUT2D eigenvalue weighted by Gasteiger charge is 2.14. The number of H-pyrrole nitrogens is 1. The van der Waals surface area contributed by atoms with E-state index in [9.17, 15) is 0 Å². The zero-order valence-corrected chi connectivity index (χ0v) is 12.7. The van der Waals surface area contributed by atoms with Crippen LogP contribution in [0.25, 0.3) is 11.2 Å². The van der Waals surface area contributed by atoms with E-state index in [0.29, 0.717) is 0 Å². The van der Waals surface area contributed by atoms with Crippen molar-refractivity contribution in [3.63, 3.8) is 0 Å². The molecule has 106 valence electrons. The van der Waals surface area contributed by atoms with Crippen molar-refractivity contribution in [3.8, 4) is 0 Å². The second kappa shape index (κ2) is 4.90. The Hall–Kier alpha value is -1.89. The van der Waals surface area contributed by atoms with Gasteiger partial charge < -0.3 is 9.55 Å². The molecule has 0 atom stereocenters. The Balaban J connectivity index is 1.96. The van der Waals surface area contributed by atoms with Crippen molar-refractivity contribution in [1.29, 1.82) is 0 Å². The first-order valence-corrected chi connectivity index (χ1v) is 7.13. The van der Waals surface area contributed by atoms with E-state index < -0.39 is 0 Å². The van der Waals surface area contributed by atoms with Crippen LogP contribution in [-0.4, -0.2) is 29.1 Å². The largest absolute Gasteiger partial charge is 0.328 e. The van der Waals surface area contributed by atoms with Crippen LogP contribution in [0.5, 0.6) is 0 Å². The highest BCUT2D eigenvalue weighted by molar-refractivity contribution is 7.71. The van der Waals surface area contributed by atoms with Gasteiger partial charge in [0.1, 0.15) is 5.52 Å². The third kappa shape index (κ3) is 2.07. The van der Waals surface area contributed by atoms with Gasteiger partial charge in [0.05, 0.1) is 11.9 Å². The molecular weight excluding hydrogens is 272 g/mol. The summed E-state index contributed by atoms with van der Waals surface area (Å²) in [7, 11) is 3.89. The molecule has 3 aromatic rings. The normalized spacial score (nSPS) is 11.6. The van der Waals surface area contributed by atoms with Crippen LogP contribution in [0.2, 0.25) is 0 Å². The molecule has 0 amide bonds. The van der Waals surface area contributed by atoms with E-state index in [-0.39, 0.29) is 0 Å². The van der Waals surface area contributed by atoms with Gasteiger partial charge in [-0.25, -0.2) is 0 Å². The summed E-state index contributed by atoms with van der Waals surface area (Å²) in [4.78, 5) is 3.28. The monoisotopic (exact) mass is 290 g/mol. The minimum atomic E-state index is 0.756. The maximum atomic E-state index is 5.44. The molecular formula is C13H18N6S. The second-order valence-corrected chi connectivity index (χ2v) is 5.36. The summed E-state index contributed by atoms with van der Waals surface area (Å²) in [5.74, 6) is 0. The lowest BCUT2D eigenvalue weighted by atomic mass is 10.2. The summed E-state index contributed by atoms with van der Waals surface area (Å²) < 4.78 is 6.60. The Morgan fingerprint density at radius 2 is 2.15 bits per heavy atom. The number of nitrogens with zero attached hydrogens (tertiary/aromatic N) is 5. The van der Waals surface area contributed by atoms with Gasteiger partial charge in [0, 0.05) is 26.8 Å². The Kier molecular flexibility index (Phi) is 3.21. The molecule has 3 heterocycles. The molecule has 0 fully saturated rings. The van der Waals surface area contributed by atoms with Gasteiger partial charge in [0.15, 0.2) is 10.4 Å². The van der Waals surface area contributed by atoms with Gasteiger partial charge in [-0.15, -0.1) is 0 Å². The third-order valence-corrected chi connectivity index (χ3v) is 3.86. The molecule has 0 saturated carbocycles. The smallest absolute Gasteiger partial charge is 0.179 e.